The highest BCUT2D eigenvalue weighted by molar-refractivity contribution is 4.93. The third-order valence-electron chi connectivity index (χ3n) is 1.79. The van der Waals surface area contributed by atoms with Crippen LogP contribution < -0.4 is 0 Å². The largest absolute Gasteiger partial charge is 0.472 e. The molecule has 0 heterocycles. The highest BCUT2D eigenvalue weighted by atomic mass is 19.4. The van der Waals surface area contributed by atoms with Crippen molar-refractivity contribution in [1.29, 1.82) is 0 Å². The van der Waals surface area contributed by atoms with Gasteiger partial charge < -0.3 is 4.74 Å². The van der Waals surface area contributed by atoms with E-state index in [-0.39, 0.29) is 7.11 Å². The van der Waals surface area contributed by atoms with Crippen LogP contribution in [0.3, 0.4) is 0 Å². The normalized spacial score (nSPS) is 15.9. The van der Waals surface area contributed by atoms with Crippen molar-refractivity contribution < 1.29 is 57.4 Å². The molecule has 0 unspecified atom stereocenters. The van der Waals surface area contributed by atoms with E-state index in [0.717, 1.165) is 0 Å². The van der Waals surface area contributed by atoms with Crippen molar-refractivity contribution in [3.63, 3.8) is 0 Å². The van der Waals surface area contributed by atoms with Gasteiger partial charge in [-0.15, -0.1) is 0 Å². The van der Waals surface area contributed by atoms with Crippen LogP contribution in [0.2, 0.25) is 0 Å². The predicted molar refractivity (Wildman–Crippen MR) is 35.8 cm³/mol. The highest BCUT2D eigenvalue weighted by Crippen LogP contribution is 2.53. The standard InChI is InChI=1S/C6H3F12NO/c1-20-4(11,12)2(7,8)3(9,10)19(5(13,14)15)6(16,17)18/h1H3. The summed E-state index contributed by atoms with van der Waals surface area (Å²) < 4.78 is 149. The fourth-order valence-electron chi connectivity index (χ4n) is 0.906. The number of rotatable bonds is 4. The first kappa shape index (κ1) is 19.1. The Balaban J connectivity index is 6.04. The summed E-state index contributed by atoms with van der Waals surface area (Å²) in [5, 5.41) is 0. The van der Waals surface area contributed by atoms with Crippen molar-refractivity contribution in [2.45, 2.75) is 30.7 Å². The van der Waals surface area contributed by atoms with Gasteiger partial charge >= 0.3 is 30.7 Å². The van der Waals surface area contributed by atoms with Crippen LogP contribution in [0.5, 0.6) is 0 Å². The lowest BCUT2D eigenvalue weighted by Gasteiger charge is -2.39. The molecule has 0 amide bonds. The van der Waals surface area contributed by atoms with Crippen molar-refractivity contribution in [3.05, 3.63) is 0 Å². The van der Waals surface area contributed by atoms with E-state index in [2.05, 4.69) is 4.74 Å². The number of ether oxygens (including phenoxy) is 1. The van der Waals surface area contributed by atoms with Crippen LogP contribution >= 0.6 is 0 Å². The van der Waals surface area contributed by atoms with E-state index >= 15 is 0 Å². The Kier molecular flexibility index (Phi) is 4.60. The minimum Gasteiger partial charge on any atom is -0.319 e. The van der Waals surface area contributed by atoms with E-state index < -0.39 is 35.6 Å². The number of halogens is 12. The number of hydrogen-bond donors (Lipinski definition) is 0. The van der Waals surface area contributed by atoms with E-state index in [9.17, 15) is 52.7 Å². The smallest absolute Gasteiger partial charge is 0.319 e. The van der Waals surface area contributed by atoms with E-state index in [1.54, 1.807) is 0 Å². The molecule has 0 aromatic heterocycles. The molecule has 0 rings (SSSR count). The van der Waals surface area contributed by atoms with Crippen LogP contribution in [0.25, 0.3) is 0 Å². The minimum absolute atomic E-state index is 0.310. The average molecular weight is 333 g/mol. The second-order valence-corrected chi connectivity index (χ2v) is 3.11. The Hall–Kier alpha value is -0.920. The van der Waals surface area contributed by atoms with Crippen LogP contribution in [0.4, 0.5) is 52.7 Å². The molecule has 0 aliphatic carbocycles. The third kappa shape index (κ3) is 3.05. The van der Waals surface area contributed by atoms with E-state index in [1.807, 2.05) is 0 Å². The molecule has 20 heavy (non-hydrogen) atoms. The van der Waals surface area contributed by atoms with Crippen molar-refractivity contribution >= 4 is 0 Å². The zero-order valence-corrected chi connectivity index (χ0v) is 8.89. The second kappa shape index (κ2) is 4.82. The monoisotopic (exact) mass is 333 g/mol. The van der Waals surface area contributed by atoms with Crippen molar-refractivity contribution in [1.82, 2.24) is 4.90 Å². The molecule has 0 aliphatic heterocycles. The zero-order valence-electron chi connectivity index (χ0n) is 8.89. The van der Waals surface area contributed by atoms with Gasteiger partial charge in [-0.05, 0) is 0 Å². The summed E-state index contributed by atoms with van der Waals surface area (Å²) in [7, 11) is -0.310. The van der Waals surface area contributed by atoms with Gasteiger partial charge in [0.05, 0.1) is 0 Å². The third-order valence-corrected chi connectivity index (χ3v) is 1.79. The fraction of sp³-hybridized carbons (Fsp3) is 1.00. The van der Waals surface area contributed by atoms with Gasteiger partial charge in [-0.1, -0.05) is 4.90 Å². The van der Waals surface area contributed by atoms with Gasteiger partial charge in [0.2, 0.25) is 0 Å². The maximum Gasteiger partial charge on any atom is 0.472 e. The Morgan fingerprint density at radius 2 is 0.950 bits per heavy atom. The molecular weight excluding hydrogens is 330 g/mol. The van der Waals surface area contributed by atoms with Crippen molar-refractivity contribution in [2.24, 2.45) is 0 Å². The van der Waals surface area contributed by atoms with Crippen LogP contribution in [-0.2, 0) is 4.74 Å². The summed E-state index contributed by atoms with van der Waals surface area (Å²) in [6.45, 7) is 0. The SMILES string of the molecule is COC(F)(F)C(F)(F)C(F)(F)N(C(F)(F)F)C(F)(F)F. The first-order valence-electron chi connectivity index (χ1n) is 4.05. The number of methoxy groups -OCH3 is 1. The molecule has 122 valence electrons. The van der Waals surface area contributed by atoms with Crippen molar-refractivity contribution in [3.8, 4) is 0 Å². The second-order valence-electron chi connectivity index (χ2n) is 3.11. The van der Waals surface area contributed by atoms with Gasteiger partial charge in [-0.3, -0.25) is 0 Å². The van der Waals surface area contributed by atoms with Gasteiger partial charge in [0.15, 0.2) is 0 Å². The Morgan fingerprint density at radius 3 is 1.15 bits per heavy atom. The van der Waals surface area contributed by atoms with E-state index in [1.165, 1.54) is 0 Å². The van der Waals surface area contributed by atoms with E-state index in [4.69, 9.17) is 0 Å². The van der Waals surface area contributed by atoms with Crippen LogP contribution in [0.15, 0.2) is 0 Å². The molecule has 0 N–H and O–H groups in total. The first-order chi connectivity index (χ1) is 8.43. The molecule has 0 spiro atoms. The number of nitrogens with zero attached hydrogens (tertiary/aromatic N) is 1. The minimum atomic E-state index is -7.36. The Labute approximate surface area is 101 Å². The summed E-state index contributed by atoms with van der Waals surface area (Å²) in [5.74, 6) is -7.13. The van der Waals surface area contributed by atoms with Crippen LogP contribution in [0, 0.1) is 0 Å². The molecule has 2 nitrogen and oxygen atoms in total. The topological polar surface area (TPSA) is 12.5 Å². The summed E-state index contributed by atoms with van der Waals surface area (Å²) >= 11 is 0. The molecule has 14 heteroatoms. The summed E-state index contributed by atoms with van der Waals surface area (Å²) in [6, 6.07) is -7.36. The lowest BCUT2D eigenvalue weighted by molar-refractivity contribution is -0.500. The fourth-order valence-corrected chi connectivity index (χ4v) is 0.906. The molecule has 0 radical (unpaired) electrons. The van der Waals surface area contributed by atoms with Gasteiger partial charge in [0.25, 0.3) is 0 Å². The van der Waals surface area contributed by atoms with Gasteiger partial charge in [0.1, 0.15) is 0 Å². The molecule has 0 saturated carbocycles. The highest BCUT2D eigenvalue weighted by Gasteiger charge is 2.82. The molecule has 0 saturated heterocycles. The van der Waals surface area contributed by atoms with Crippen molar-refractivity contribution in [2.75, 3.05) is 7.11 Å². The lowest BCUT2D eigenvalue weighted by atomic mass is 10.2. The predicted octanol–water partition coefficient (Wildman–Crippen LogP) is 3.80. The molecular formula is C6H3F12NO. The lowest BCUT2D eigenvalue weighted by Crippen LogP contribution is -2.69. The molecule has 0 bridgehead atoms. The molecule has 0 aliphatic rings. The first-order valence-corrected chi connectivity index (χ1v) is 4.05. The van der Waals surface area contributed by atoms with E-state index in [0.29, 0.717) is 0 Å². The van der Waals surface area contributed by atoms with Crippen LogP contribution in [-0.4, -0.2) is 42.7 Å². The number of alkyl halides is 12. The summed E-state index contributed by atoms with van der Waals surface area (Å²) in [6.07, 6.45) is -20.5. The molecule has 0 fully saturated rings. The molecule has 0 atom stereocenters. The molecule has 0 aromatic carbocycles. The maximum absolute atomic E-state index is 12.7. The molecule has 0 aromatic rings. The van der Waals surface area contributed by atoms with Gasteiger partial charge in [0, 0.05) is 7.11 Å². The zero-order chi connectivity index (χ0) is 16.8. The van der Waals surface area contributed by atoms with Gasteiger partial charge in [-0.2, -0.15) is 52.7 Å². The average Bonchev–Trinajstić information content (AvgIpc) is 2.11. The Bertz CT molecular complexity index is 329. The van der Waals surface area contributed by atoms with Crippen LogP contribution in [0.1, 0.15) is 0 Å². The Morgan fingerprint density at radius 1 is 0.650 bits per heavy atom. The quantitative estimate of drug-likeness (QED) is 0.573. The summed E-state index contributed by atoms with van der Waals surface area (Å²) in [5.41, 5.74) is 0. The number of hydrogen-bond acceptors (Lipinski definition) is 2. The van der Waals surface area contributed by atoms with Gasteiger partial charge in [-0.25, -0.2) is 0 Å². The summed E-state index contributed by atoms with van der Waals surface area (Å²) in [4.78, 5) is -3.93. The maximum atomic E-state index is 12.7.